The maximum Gasteiger partial charge on any atom is 0.318 e. The van der Waals surface area contributed by atoms with Crippen molar-refractivity contribution in [2.24, 2.45) is 0 Å². The zero-order valence-corrected chi connectivity index (χ0v) is 14.2. The quantitative estimate of drug-likeness (QED) is 0.712. The van der Waals surface area contributed by atoms with Gasteiger partial charge in [-0.25, -0.2) is 4.79 Å². The molecule has 130 valence electrons. The average molecular weight is 333 g/mol. The van der Waals surface area contributed by atoms with E-state index in [9.17, 15) is 14.4 Å². The van der Waals surface area contributed by atoms with Crippen LogP contribution >= 0.6 is 0 Å². The van der Waals surface area contributed by atoms with Crippen molar-refractivity contribution in [3.63, 3.8) is 0 Å². The van der Waals surface area contributed by atoms with Crippen LogP contribution in [0.4, 0.5) is 4.79 Å². The van der Waals surface area contributed by atoms with Crippen LogP contribution in [0.25, 0.3) is 0 Å². The molecule has 1 aliphatic heterocycles. The molecular formula is C16H23N5O3. The SMILES string of the molecule is CNC(=O)C[C@H]1C(=O)NCCN1C(=O)NCc1cnc(C)c(C)c1. The van der Waals surface area contributed by atoms with Gasteiger partial charge in [0.1, 0.15) is 6.04 Å². The lowest BCUT2D eigenvalue weighted by atomic mass is 10.1. The molecule has 2 heterocycles. The molecule has 0 aliphatic carbocycles. The molecule has 0 bridgehead atoms. The second-order valence-corrected chi connectivity index (χ2v) is 5.78. The van der Waals surface area contributed by atoms with E-state index in [0.29, 0.717) is 19.6 Å². The number of hydrogen-bond acceptors (Lipinski definition) is 4. The normalized spacial score (nSPS) is 17.2. The molecular weight excluding hydrogens is 310 g/mol. The molecule has 1 aliphatic rings. The Kier molecular flexibility index (Phi) is 5.73. The zero-order chi connectivity index (χ0) is 17.7. The van der Waals surface area contributed by atoms with Crippen molar-refractivity contribution in [1.29, 1.82) is 0 Å². The Balaban J connectivity index is 2.01. The number of pyridine rings is 1. The number of carbonyl (C=O) groups is 3. The summed E-state index contributed by atoms with van der Waals surface area (Å²) in [7, 11) is 1.50. The Hall–Kier alpha value is -2.64. The third kappa shape index (κ3) is 4.21. The minimum Gasteiger partial charge on any atom is -0.359 e. The van der Waals surface area contributed by atoms with Crippen molar-refractivity contribution in [3.05, 3.63) is 29.1 Å². The summed E-state index contributed by atoms with van der Waals surface area (Å²) in [5, 5.41) is 7.95. The zero-order valence-electron chi connectivity index (χ0n) is 14.2. The molecule has 0 aromatic carbocycles. The van der Waals surface area contributed by atoms with E-state index in [-0.39, 0.29) is 24.3 Å². The van der Waals surface area contributed by atoms with Crippen LogP contribution in [0.15, 0.2) is 12.3 Å². The summed E-state index contributed by atoms with van der Waals surface area (Å²) in [6.07, 6.45) is 1.66. The van der Waals surface area contributed by atoms with Gasteiger partial charge in [0.2, 0.25) is 11.8 Å². The van der Waals surface area contributed by atoms with Gasteiger partial charge in [0.05, 0.1) is 6.42 Å². The highest BCUT2D eigenvalue weighted by molar-refractivity contribution is 5.92. The van der Waals surface area contributed by atoms with E-state index in [0.717, 1.165) is 16.8 Å². The number of amides is 4. The first-order valence-electron chi connectivity index (χ1n) is 7.87. The largest absolute Gasteiger partial charge is 0.359 e. The first kappa shape index (κ1) is 17.7. The first-order chi connectivity index (χ1) is 11.4. The predicted molar refractivity (Wildman–Crippen MR) is 88.1 cm³/mol. The maximum atomic E-state index is 12.4. The second kappa shape index (κ2) is 7.76. The van der Waals surface area contributed by atoms with E-state index in [2.05, 4.69) is 20.9 Å². The summed E-state index contributed by atoms with van der Waals surface area (Å²) in [6, 6.07) is 0.807. The number of piperazine rings is 1. The van der Waals surface area contributed by atoms with Crippen molar-refractivity contribution in [2.45, 2.75) is 32.9 Å². The topological polar surface area (TPSA) is 103 Å². The van der Waals surface area contributed by atoms with Crippen molar-refractivity contribution < 1.29 is 14.4 Å². The first-order valence-corrected chi connectivity index (χ1v) is 7.87. The Morgan fingerprint density at radius 1 is 1.42 bits per heavy atom. The third-order valence-corrected chi connectivity index (χ3v) is 4.09. The lowest BCUT2D eigenvalue weighted by Gasteiger charge is -2.34. The Morgan fingerprint density at radius 3 is 2.83 bits per heavy atom. The highest BCUT2D eigenvalue weighted by atomic mass is 16.2. The van der Waals surface area contributed by atoms with E-state index in [1.54, 1.807) is 6.20 Å². The van der Waals surface area contributed by atoms with Gasteiger partial charge in [0.25, 0.3) is 0 Å². The minimum absolute atomic E-state index is 0.0546. The summed E-state index contributed by atoms with van der Waals surface area (Å²) < 4.78 is 0. The van der Waals surface area contributed by atoms with Gasteiger partial charge in [-0.3, -0.25) is 14.6 Å². The highest BCUT2D eigenvalue weighted by Gasteiger charge is 2.34. The van der Waals surface area contributed by atoms with Gasteiger partial charge in [0, 0.05) is 38.6 Å². The van der Waals surface area contributed by atoms with Gasteiger partial charge in [-0.05, 0) is 25.0 Å². The van der Waals surface area contributed by atoms with E-state index < -0.39 is 6.04 Å². The third-order valence-electron chi connectivity index (χ3n) is 4.09. The summed E-state index contributed by atoms with van der Waals surface area (Å²) >= 11 is 0. The molecule has 1 atom stereocenters. The standard InChI is InChI=1S/C16H23N5O3/c1-10-6-12(8-19-11(10)2)9-20-16(24)21-5-4-18-15(23)13(21)7-14(22)17-3/h6,8,13H,4-5,7,9H2,1-3H3,(H,17,22)(H,18,23)(H,20,24)/t13-/m0/s1. The lowest BCUT2D eigenvalue weighted by Crippen LogP contribution is -2.60. The van der Waals surface area contributed by atoms with Crippen LogP contribution in [0.1, 0.15) is 23.2 Å². The van der Waals surface area contributed by atoms with E-state index in [1.807, 2.05) is 19.9 Å². The van der Waals surface area contributed by atoms with Crippen molar-refractivity contribution in [3.8, 4) is 0 Å². The number of carbonyl (C=O) groups excluding carboxylic acids is 3. The fraction of sp³-hybridized carbons (Fsp3) is 0.500. The van der Waals surface area contributed by atoms with Crippen molar-refractivity contribution >= 4 is 17.8 Å². The Bertz CT molecular complexity index is 647. The molecule has 1 aromatic heterocycles. The summed E-state index contributed by atoms with van der Waals surface area (Å²) in [5.74, 6) is -0.596. The number of hydrogen-bond donors (Lipinski definition) is 3. The van der Waals surface area contributed by atoms with Crippen LogP contribution in [0.2, 0.25) is 0 Å². The molecule has 1 fully saturated rings. The van der Waals surface area contributed by atoms with Gasteiger partial charge < -0.3 is 20.9 Å². The molecule has 0 radical (unpaired) electrons. The summed E-state index contributed by atoms with van der Waals surface area (Å²) in [4.78, 5) is 41.7. The highest BCUT2D eigenvalue weighted by Crippen LogP contribution is 2.10. The molecule has 2 rings (SSSR count). The molecule has 8 nitrogen and oxygen atoms in total. The molecule has 0 spiro atoms. The molecule has 3 N–H and O–H groups in total. The summed E-state index contributed by atoms with van der Waals surface area (Å²) in [6.45, 7) is 4.94. The van der Waals surface area contributed by atoms with Crippen LogP contribution in [-0.4, -0.2) is 53.9 Å². The maximum absolute atomic E-state index is 12.4. The second-order valence-electron chi connectivity index (χ2n) is 5.78. The van der Waals surface area contributed by atoms with Gasteiger partial charge in [-0.2, -0.15) is 0 Å². The van der Waals surface area contributed by atoms with E-state index in [1.165, 1.54) is 11.9 Å². The molecule has 1 saturated heterocycles. The molecule has 24 heavy (non-hydrogen) atoms. The fourth-order valence-electron chi connectivity index (χ4n) is 2.52. The minimum atomic E-state index is -0.795. The van der Waals surface area contributed by atoms with Gasteiger partial charge in [0.15, 0.2) is 0 Å². The van der Waals surface area contributed by atoms with Crippen LogP contribution < -0.4 is 16.0 Å². The fourth-order valence-corrected chi connectivity index (χ4v) is 2.52. The number of aromatic nitrogens is 1. The number of urea groups is 1. The van der Waals surface area contributed by atoms with Crippen LogP contribution in [0, 0.1) is 13.8 Å². The smallest absolute Gasteiger partial charge is 0.318 e. The predicted octanol–water partition coefficient (Wildman–Crippen LogP) is -0.155. The van der Waals surface area contributed by atoms with Gasteiger partial charge in [-0.15, -0.1) is 0 Å². The molecule has 8 heteroatoms. The number of rotatable bonds is 4. The van der Waals surface area contributed by atoms with Crippen molar-refractivity contribution in [1.82, 2.24) is 25.8 Å². The van der Waals surface area contributed by atoms with E-state index in [4.69, 9.17) is 0 Å². The number of aryl methyl sites for hydroxylation is 2. The Labute approximate surface area is 141 Å². The summed E-state index contributed by atoms with van der Waals surface area (Å²) in [5.41, 5.74) is 2.88. The Morgan fingerprint density at radius 2 is 2.17 bits per heavy atom. The number of nitrogens with one attached hydrogen (secondary N) is 3. The van der Waals surface area contributed by atoms with Crippen LogP contribution in [-0.2, 0) is 16.1 Å². The molecule has 0 saturated carbocycles. The van der Waals surface area contributed by atoms with E-state index >= 15 is 0 Å². The molecule has 4 amide bonds. The monoisotopic (exact) mass is 333 g/mol. The molecule has 1 aromatic rings. The average Bonchev–Trinajstić information content (AvgIpc) is 2.57. The van der Waals surface area contributed by atoms with Gasteiger partial charge in [-0.1, -0.05) is 6.07 Å². The number of nitrogens with zero attached hydrogens (tertiary/aromatic N) is 2. The molecule has 0 unspecified atom stereocenters. The van der Waals surface area contributed by atoms with Crippen LogP contribution in [0.3, 0.4) is 0 Å². The van der Waals surface area contributed by atoms with Crippen LogP contribution in [0.5, 0.6) is 0 Å². The lowest BCUT2D eigenvalue weighted by molar-refractivity contribution is -0.132. The van der Waals surface area contributed by atoms with Gasteiger partial charge >= 0.3 is 6.03 Å². The van der Waals surface area contributed by atoms with Crippen molar-refractivity contribution in [2.75, 3.05) is 20.1 Å².